The maximum Gasteiger partial charge on any atom is 0.330 e. The van der Waals surface area contributed by atoms with E-state index in [-0.39, 0.29) is 37.0 Å². The number of methoxy groups -OCH3 is 1. The predicted octanol–water partition coefficient (Wildman–Crippen LogP) is 2.82. The average molecular weight is 578 g/mol. The van der Waals surface area contributed by atoms with Crippen LogP contribution in [-0.2, 0) is 25.7 Å². The van der Waals surface area contributed by atoms with Gasteiger partial charge in [-0.3, -0.25) is 24.2 Å². The van der Waals surface area contributed by atoms with Crippen molar-refractivity contribution < 1.29 is 23.9 Å². The van der Waals surface area contributed by atoms with Crippen molar-refractivity contribution in [2.45, 2.75) is 70.5 Å². The third kappa shape index (κ3) is 8.14. The molecule has 11 nitrogen and oxygen atoms in total. The number of anilines is 1. The van der Waals surface area contributed by atoms with Gasteiger partial charge in [-0.15, -0.1) is 0 Å². The Labute approximate surface area is 245 Å². The predicted molar refractivity (Wildman–Crippen MR) is 156 cm³/mol. The molecule has 0 spiro atoms. The summed E-state index contributed by atoms with van der Waals surface area (Å²) in [6.07, 6.45) is 13.5. The highest BCUT2D eigenvalue weighted by molar-refractivity contribution is 6.01. The minimum Gasteiger partial charge on any atom is -0.466 e. The van der Waals surface area contributed by atoms with Crippen molar-refractivity contribution in [3.05, 3.63) is 70.9 Å². The number of hydrogen-bond acceptors (Lipinski definition) is 7. The molecule has 3 amide bonds. The smallest absolute Gasteiger partial charge is 0.330 e. The molecule has 0 aromatic carbocycles. The molecule has 4 unspecified atom stereocenters. The third-order valence-electron chi connectivity index (χ3n) is 8.21. The normalized spacial score (nSPS) is 22.1. The first kappa shape index (κ1) is 30.7. The molecule has 42 heavy (non-hydrogen) atoms. The third-order valence-corrected chi connectivity index (χ3v) is 8.21. The fourth-order valence-corrected chi connectivity index (χ4v) is 6.16. The van der Waals surface area contributed by atoms with Crippen molar-refractivity contribution in [3.63, 3.8) is 0 Å². The molecule has 2 aliphatic carbocycles. The van der Waals surface area contributed by atoms with Gasteiger partial charge in [-0.25, -0.2) is 4.79 Å². The Balaban J connectivity index is 1.42. The number of esters is 1. The lowest BCUT2D eigenvalue weighted by Gasteiger charge is -2.44. The van der Waals surface area contributed by atoms with Gasteiger partial charge >= 0.3 is 5.97 Å². The molecule has 2 bridgehead atoms. The first-order chi connectivity index (χ1) is 20.2. The molecule has 2 saturated carbocycles. The minimum atomic E-state index is -1.02. The highest BCUT2D eigenvalue weighted by atomic mass is 16.5. The van der Waals surface area contributed by atoms with Crippen LogP contribution in [0, 0.1) is 17.8 Å². The number of aromatic nitrogens is 2. The van der Waals surface area contributed by atoms with Gasteiger partial charge in [0.2, 0.25) is 11.8 Å². The molecule has 0 aliphatic heterocycles. The van der Waals surface area contributed by atoms with Crippen LogP contribution in [0.1, 0.15) is 62.2 Å². The zero-order valence-electron chi connectivity index (χ0n) is 24.1. The first-order valence-corrected chi connectivity index (χ1v) is 14.5. The summed E-state index contributed by atoms with van der Waals surface area (Å²) in [7, 11) is 1.26. The summed E-state index contributed by atoms with van der Waals surface area (Å²) in [5, 5.41) is 8.48. The van der Waals surface area contributed by atoms with E-state index in [1.165, 1.54) is 67.4 Å². The fourth-order valence-electron chi connectivity index (χ4n) is 6.16. The molecule has 0 radical (unpaired) electrons. The molecule has 2 aromatic rings. The zero-order chi connectivity index (χ0) is 30.1. The van der Waals surface area contributed by atoms with Gasteiger partial charge in [0.25, 0.3) is 11.5 Å². The highest BCUT2D eigenvalue weighted by Gasteiger charge is 2.38. The van der Waals surface area contributed by atoms with Gasteiger partial charge in [-0.2, -0.15) is 0 Å². The van der Waals surface area contributed by atoms with Crippen LogP contribution in [0.15, 0.2) is 59.8 Å². The van der Waals surface area contributed by atoms with E-state index in [9.17, 15) is 24.0 Å². The van der Waals surface area contributed by atoms with Gasteiger partial charge in [0.1, 0.15) is 18.3 Å². The van der Waals surface area contributed by atoms with E-state index in [1.807, 2.05) is 0 Å². The van der Waals surface area contributed by atoms with Gasteiger partial charge in [-0.05, 0) is 74.1 Å². The number of amides is 3. The van der Waals surface area contributed by atoms with Crippen LogP contribution < -0.4 is 21.5 Å². The van der Waals surface area contributed by atoms with Crippen molar-refractivity contribution in [2.24, 2.45) is 17.8 Å². The Bertz CT molecular complexity index is 1360. The van der Waals surface area contributed by atoms with E-state index in [1.54, 1.807) is 12.1 Å². The van der Waals surface area contributed by atoms with Gasteiger partial charge in [0.05, 0.1) is 7.11 Å². The standard InChI is InChI=1S/C31H39N5O6/c1-20-17-21-7-5-8-23(18-21)28(20)35-26(37)19-36-16-6-10-25(31(36)41)34-30(40)24(9-3-4-11-27(38)42-2)33-29(39)22-12-14-32-15-13-22/h4,6,10-16,20-21,23-24,28H,3,5,7-9,17-19H2,1-2H3,(H,33,39)(H,34,40)(H,35,37)/b11-4+/t20?,21?,23?,24-,28?/m0/s1. The molecule has 4 rings (SSSR count). The number of ether oxygens (including phenoxy) is 1. The topological polar surface area (TPSA) is 148 Å². The van der Waals surface area contributed by atoms with E-state index in [4.69, 9.17) is 0 Å². The lowest BCUT2D eigenvalue weighted by Crippen LogP contribution is -2.50. The van der Waals surface area contributed by atoms with Crippen molar-refractivity contribution in [2.75, 3.05) is 12.4 Å². The number of rotatable bonds is 11. The highest BCUT2D eigenvalue weighted by Crippen LogP contribution is 2.42. The number of fused-ring (bicyclic) bond motifs is 2. The molecule has 2 heterocycles. The van der Waals surface area contributed by atoms with Crippen LogP contribution >= 0.6 is 0 Å². The monoisotopic (exact) mass is 577 g/mol. The molecule has 11 heteroatoms. The number of carbonyl (C=O) groups excluding carboxylic acids is 4. The Morgan fingerprint density at radius 1 is 1.14 bits per heavy atom. The van der Waals surface area contributed by atoms with Gasteiger partial charge < -0.3 is 25.3 Å². The number of nitrogens with zero attached hydrogens (tertiary/aromatic N) is 2. The number of hydrogen-bond donors (Lipinski definition) is 3. The number of nitrogens with one attached hydrogen (secondary N) is 3. The van der Waals surface area contributed by atoms with Crippen molar-refractivity contribution >= 4 is 29.4 Å². The van der Waals surface area contributed by atoms with Crippen LogP contribution in [0.2, 0.25) is 0 Å². The SMILES string of the molecule is COC(=O)/C=C/CC[C@H](NC(=O)c1ccncc1)C(=O)Nc1cccn(CC(=O)NC2C(C)CC3CCCC2C3)c1=O. The largest absolute Gasteiger partial charge is 0.466 e. The second-order valence-electron chi connectivity index (χ2n) is 11.2. The Morgan fingerprint density at radius 3 is 2.69 bits per heavy atom. The quantitative estimate of drug-likeness (QED) is 0.275. The van der Waals surface area contributed by atoms with E-state index in [0.29, 0.717) is 17.4 Å². The first-order valence-electron chi connectivity index (χ1n) is 14.5. The van der Waals surface area contributed by atoms with E-state index in [0.717, 1.165) is 25.2 Å². The van der Waals surface area contributed by atoms with Crippen molar-refractivity contribution in [1.82, 2.24) is 20.2 Å². The fraction of sp³-hybridized carbons (Fsp3) is 0.484. The van der Waals surface area contributed by atoms with Crippen LogP contribution in [0.4, 0.5) is 5.69 Å². The summed E-state index contributed by atoms with van der Waals surface area (Å²) in [5.74, 6) is -0.253. The molecule has 3 N–H and O–H groups in total. The maximum absolute atomic E-state index is 13.3. The van der Waals surface area contributed by atoms with Crippen LogP contribution in [0.25, 0.3) is 0 Å². The molecule has 0 saturated heterocycles. The Hall–Kier alpha value is -4.28. The van der Waals surface area contributed by atoms with Crippen molar-refractivity contribution in [3.8, 4) is 0 Å². The molecular weight excluding hydrogens is 538 g/mol. The summed E-state index contributed by atoms with van der Waals surface area (Å²) >= 11 is 0. The maximum atomic E-state index is 13.3. The molecule has 2 fully saturated rings. The summed E-state index contributed by atoms with van der Waals surface area (Å²) in [5.41, 5.74) is -0.220. The number of pyridine rings is 2. The van der Waals surface area contributed by atoms with Gasteiger partial charge in [0.15, 0.2) is 0 Å². The average Bonchev–Trinajstić information content (AvgIpc) is 2.99. The molecular formula is C31H39N5O6. The summed E-state index contributed by atoms with van der Waals surface area (Å²) in [6.45, 7) is 2.02. The molecule has 224 valence electrons. The summed E-state index contributed by atoms with van der Waals surface area (Å²) in [6, 6.07) is 5.16. The molecule has 2 aliphatic rings. The van der Waals surface area contributed by atoms with E-state index in [2.05, 4.69) is 32.6 Å². The Morgan fingerprint density at radius 2 is 1.93 bits per heavy atom. The van der Waals surface area contributed by atoms with Crippen LogP contribution in [-0.4, -0.2) is 52.4 Å². The zero-order valence-corrected chi connectivity index (χ0v) is 24.1. The van der Waals surface area contributed by atoms with E-state index >= 15 is 0 Å². The lowest BCUT2D eigenvalue weighted by molar-refractivity contribution is -0.134. The van der Waals surface area contributed by atoms with Gasteiger partial charge in [0, 0.05) is 36.3 Å². The van der Waals surface area contributed by atoms with Crippen LogP contribution in [0.5, 0.6) is 0 Å². The Kier molecular flexibility index (Phi) is 10.6. The number of carbonyl (C=O) groups is 4. The second-order valence-corrected chi connectivity index (χ2v) is 11.2. The van der Waals surface area contributed by atoms with E-state index < -0.39 is 29.4 Å². The van der Waals surface area contributed by atoms with Crippen molar-refractivity contribution in [1.29, 1.82) is 0 Å². The lowest BCUT2D eigenvalue weighted by atomic mass is 9.65. The van der Waals surface area contributed by atoms with Gasteiger partial charge in [-0.1, -0.05) is 25.8 Å². The minimum absolute atomic E-state index is 0.00952. The van der Waals surface area contributed by atoms with Crippen LogP contribution in [0.3, 0.4) is 0 Å². The molecule has 5 atom stereocenters. The molecule has 2 aromatic heterocycles. The summed E-state index contributed by atoms with van der Waals surface area (Å²) < 4.78 is 5.85. The number of allylic oxidation sites excluding steroid dienone is 1. The second kappa shape index (κ2) is 14.6. The summed E-state index contributed by atoms with van der Waals surface area (Å²) in [4.78, 5) is 67.5.